The first kappa shape index (κ1) is 14.0. The summed E-state index contributed by atoms with van der Waals surface area (Å²) in [5, 5.41) is 25.1. The first-order chi connectivity index (χ1) is 9.65. The SMILES string of the molecule is CCC(Nc1ccc(C#N)cc1[N+](=O)[O-])c1cccs1. The van der Waals surface area contributed by atoms with Gasteiger partial charge < -0.3 is 5.32 Å². The number of anilines is 1. The number of nitrogens with one attached hydrogen (secondary N) is 1. The largest absolute Gasteiger partial charge is 0.372 e. The second-order valence-corrected chi connectivity index (χ2v) is 5.20. The molecule has 0 aliphatic heterocycles. The minimum absolute atomic E-state index is 0.0293. The molecule has 0 fully saturated rings. The van der Waals surface area contributed by atoms with Crippen molar-refractivity contribution in [2.75, 3.05) is 5.32 Å². The Morgan fingerprint density at radius 2 is 2.30 bits per heavy atom. The molecular weight excluding hydrogens is 274 g/mol. The molecule has 102 valence electrons. The van der Waals surface area contributed by atoms with E-state index in [1.807, 2.05) is 30.5 Å². The molecule has 0 spiro atoms. The third-order valence-corrected chi connectivity index (χ3v) is 3.93. The van der Waals surface area contributed by atoms with Crippen molar-refractivity contribution in [3.63, 3.8) is 0 Å². The molecule has 0 radical (unpaired) electrons. The highest BCUT2D eigenvalue weighted by Gasteiger charge is 2.18. The highest BCUT2D eigenvalue weighted by atomic mass is 32.1. The Bertz CT molecular complexity index is 647. The fraction of sp³-hybridized carbons (Fsp3) is 0.214. The molecule has 5 nitrogen and oxygen atoms in total. The van der Waals surface area contributed by atoms with Crippen LogP contribution in [0.3, 0.4) is 0 Å². The van der Waals surface area contributed by atoms with E-state index in [0.29, 0.717) is 5.69 Å². The number of thiophene rings is 1. The van der Waals surface area contributed by atoms with Gasteiger partial charge in [0.1, 0.15) is 5.69 Å². The lowest BCUT2D eigenvalue weighted by Crippen LogP contribution is -2.09. The van der Waals surface area contributed by atoms with E-state index in [9.17, 15) is 10.1 Å². The lowest BCUT2D eigenvalue weighted by molar-refractivity contribution is -0.384. The second-order valence-electron chi connectivity index (χ2n) is 4.22. The van der Waals surface area contributed by atoms with Gasteiger partial charge >= 0.3 is 0 Å². The monoisotopic (exact) mass is 287 g/mol. The average molecular weight is 287 g/mol. The van der Waals surface area contributed by atoms with Gasteiger partial charge in [-0.05, 0) is 30.0 Å². The summed E-state index contributed by atoms with van der Waals surface area (Å²) >= 11 is 1.61. The Labute approximate surface area is 120 Å². The minimum atomic E-state index is -0.468. The zero-order chi connectivity index (χ0) is 14.5. The average Bonchev–Trinajstić information content (AvgIpc) is 2.98. The van der Waals surface area contributed by atoms with Crippen LogP contribution in [-0.4, -0.2) is 4.92 Å². The standard InChI is InChI=1S/C14H13N3O2S/c1-2-11(14-4-3-7-20-14)16-12-6-5-10(9-15)8-13(12)17(18)19/h3-8,11,16H,2H2,1H3. The van der Waals surface area contributed by atoms with E-state index >= 15 is 0 Å². The van der Waals surface area contributed by atoms with Gasteiger partial charge in [0.2, 0.25) is 0 Å². The molecule has 0 saturated carbocycles. The van der Waals surface area contributed by atoms with E-state index in [1.165, 1.54) is 6.07 Å². The number of hydrogen-bond donors (Lipinski definition) is 1. The van der Waals surface area contributed by atoms with Crippen LogP contribution in [0.1, 0.15) is 29.8 Å². The van der Waals surface area contributed by atoms with Crippen molar-refractivity contribution in [1.82, 2.24) is 0 Å². The maximum Gasteiger partial charge on any atom is 0.293 e. The molecule has 2 rings (SSSR count). The number of hydrogen-bond acceptors (Lipinski definition) is 5. The quantitative estimate of drug-likeness (QED) is 0.663. The summed E-state index contributed by atoms with van der Waals surface area (Å²) in [6.45, 7) is 2.02. The first-order valence-electron chi connectivity index (χ1n) is 6.14. The summed E-state index contributed by atoms with van der Waals surface area (Å²) in [7, 11) is 0. The number of nitro benzene ring substituents is 1. The Hall–Kier alpha value is -2.39. The summed E-state index contributed by atoms with van der Waals surface area (Å²) < 4.78 is 0. The Kier molecular flexibility index (Phi) is 4.33. The van der Waals surface area contributed by atoms with Crippen molar-refractivity contribution >= 4 is 22.7 Å². The number of nitrogens with zero attached hydrogens (tertiary/aromatic N) is 2. The summed E-state index contributed by atoms with van der Waals surface area (Å²) in [4.78, 5) is 11.8. The number of nitriles is 1. The molecule has 0 aliphatic carbocycles. The predicted octanol–water partition coefficient (Wildman–Crippen LogP) is 4.09. The molecule has 6 heteroatoms. The fourth-order valence-electron chi connectivity index (χ4n) is 1.93. The number of nitro groups is 1. The molecule has 1 aromatic carbocycles. The molecule has 0 aliphatic rings. The number of rotatable bonds is 5. The van der Waals surface area contributed by atoms with Gasteiger partial charge in [-0.2, -0.15) is 5.26 Å². The van der Waals surface area contributed by atoms with E-state index in [-0.39, 0.29) is 17.3 Å². The predicted molar refractivity (Wildman–Crippen MR) is 78.8 cm³/mol. The van der Waals surface area contributed by atoms with Crippen molar-refractivity contribution < 1.29 is 4.92 Å². The van der Waals surface area contributed by atoms with Crippen molar-refractivity contribution in [2.24, 2.45) is 0 Å². The molecule has 1 heterocycles. The van der Waals surface area contributed by atoms with E-state index in [2.05, 4.69) is 5.32 Å². The van der Waals surface area contributed by atoms with Gasteiger partial charge in [0.15, 0.2) is 0 Å². The smallest absolute Gasteiger partial charge is 0.293 e. The van der Waals surface area contributed by atoms with Gasteiger partial charge in [0.25, 0.3) is 5.69 Å². The van der Waals surface area contributed by atoms with Gasteiger partial charge in [0.05, 0.1) is 22.6 Å². The maximum atomic E-state index is 11.1. The van der Waals surface area contributed by atoms with Crippen LogP contribution in [0.5, 0.6) is 0 Å². The van der Waals surface area contributed by atoms with Crippen LogP contribution in [0.15, 0.2) is 35.7 Å². The molecule has 1 N–H and O–H groups in total. The van der Waals surface area contributed by atoms with Crippen LogP contribution in [-0.2, 0) is 0 Å². The third-order valence-electron chi connectivity index (χ3n) is 2.95. The maximum absolute atomic E-state index is 11.1. The topological polar surface area (TPSA) is 79.0 Å². The molecule has 20 heavy (non-hydrogen) atoms. The lowest BCUT2D eigenvalue weighted by Gasteiger charge is -2.16. The molecule has 2 aromatic rings. The van der Waals surface area contributed by atoms with Gasteiger partial charge in [-0.25, -0.2) is 0 Å². The highest BCUT2D eigenvalue weighted by molar-refractivity contribution is 7.10. The summed E-state index contributed by atoms with van der Waals surface area (Å²) in [5.74, 6) is 0. The fourth-order valence-corrected chi connectivity index (χ4v) is 2.79. The molecule has 0 saturated heterocycles. The summed E-state index contributed by atoms with van der Waals surface area (Å²) in [6.07, 6.45) is 0.817. The van der Waals surface area contributed by atoms with Crippen molar-refractivity contribution in [2.45, 2.75) is 19.4 Å². The number of benzene rings is 1. The van der Waals surface area contributed by atoms with Gasteiger partial charge in [0, 0.05) is 10.9 Å². The van der Waals surface area contributed by atoms with Gasteiger partial charge in [-0.3, -0.25) is 10.1 Å². The summed E-state index contributed by atoms with van der Waals surface area (Å²) in [5.41, 5.74) is 0.653. The zero-order valence-electron chi connectivity index (χ0n) is 10.9. The summed E-state index contributed by atoms with van der Waals surface area (Å²) in [6, 6.07) is 10.4. The van der Waals surface area contributed by atoms with Crippen LogP contribution >= 0.6 is 11.3 Å². The van der Waals surface area contributed by atoms with Crippen molar-refractivity contribution in [1.29, 1.82) is 5.26 Å². The van der Waals surface area contributed by atoms with E-state index in [4.69, 9.17) is 5.26 Å². The molecule has 0 bridgehead atoms. The van der Waals surface area contributed by atoms with Crippen molar-refractivity contribution in [3.05, 3.63) is 56.3 Å². The molecule has 1 atom stereocenters. The first-order valence-corrected chi connectivity index (χ1v) is 7.02. The van der Waals surface area contributed by atoms with Crippen LogP contribution in [0, 0.1) is 21.4 Å². The van der Waals surface area contributed by atoms with Crippen LogP contribution in [0.2, 0.25) is 0 Å². The Balaban J connectivity index is 2.33. The molecule has 0 amide bonds. The second kappa shape index (κ2) is 6.17. The van der Waals surface area contributed by atoms with E-state index in [0.717, 1.165) is 11.3 Å². The molecular formula is C14H13N3O2S. The van der Waals surface area contributed by atoms with Crippen LogP contribution < -0.4 is 5.32 Å². The zero-order valence-corrected chi connectivity index (χ0v) is 11.7. The van der Waals surface area contributed by atoms with Gasteiger partial charge in [-0.15, -0.1) is 11.3 Å². The highest BCUT2D eigenvalue weighted by Crippen LogP contribution is 2.31. The Morgan fingerprint density at radius 3 is 2.85 bits per heavy atom. The molecule has 1 aromatic heterocycles. The third kappa shape index (κ3) is 2.95. The van der Waals surface area contributed by atoms with Crippen LogP contribution in [0.25, 0.3) is 0 Å². The normalized spacial score (nSPS) is 11.6. The Morgan fingerprint density at radius 1 is 1.50 bits per heavy atom. The lowest BCUT2D eigenvalue weighted by atomic mass is 10.1. The minimum Gasteiger partial charge on any atom is -0.372 e. The van der Waals surface area contributed by atoms with Crippen molar-refractivity contribution in [3.8, 4) is 6.07 Å². The van der Waals surface area contributed by atoms with Crippen LogP contribution in [0.4, 0.5) is 11.4 Å². The van der Waals surface area contributed by atoms with E-state index < -0.39 is 4.92 Å². The van der Waals surface area contributed by atoms with Gasteiger partial charge in [-0.1, -0.05) is 13.0 Å². The van der Waals surface area contributed by atoms with E-state index in [1.54, 1.807) is 23.5 Å². The molecule has 1 unspecified atom stereocenters.